The maximum atomic E-state index is 11.4. The molecule has 0 unspecified atom stereocenters. The van der Waals surface area contributed by atoms with E-state index < -0.39 is 4.92 Å². The summed E-state index contributed by atoms with van der Waals surface area (Å²) in [6.07, 6.45) is 1.43. The van der Waals surface area contributed by atoms with Crippen molar-refractivity contribution in [3.05, 3.63) is 69.8 Å². The van der Waals surface area contributed by atoms with Crippen molar-refractivity contribution in [2.45, 2.75) is 10.6 Å². The van der Waals surface area contributed by atoms with Crippen LogP contribution in [0, 0.1) is 10.1 Å². The van der Waals surface area contributed by atoms with Crippen LogP contribution in [0.1, 0.15) is 11.1 Å². The molecule has 0 radical (unpaired) electrons. The quantitative estimate of drug-likeness (QED) is 0.355. The van der Waals surface area contributed by atoms with Crippen LogP contribution in [0.5, 0.6) is 0 Å². The van der Waals surface area contributed by atoms with Gasteiger partial charge in [-0.25, -0.2) is 0 Å². The second kappa shape index (κ2) is 8.63. The Bertz CT molecular complexity index is 885. The summed E-state index contributed by atoms with van der Waals surface area (Å²) >= 11 is 2.68. The number of benzene rings is 2. The van der Waals surface area contributed by atoms with Gasteiger partial charge in [0, 0.05) is 17.4 Å². The summed E-state index contributed by atoms with van der Waals surface area (Å²) in [4.78, 5) is 22.6. The van der Waals surface area contributed by atoms with Crippen LogP contribution < -0.4 is 5.32 Å². The van der Waals surface area contributed by atoms with Gasteiger partial charge in [-0.15, -0.1) is 16.9 Å². The van der Waals surface area contributed by atoms with E-state index in [0.717, 1.165) is 5.56 Å². The van der Waals surface area contributed by atoms with Gasteiger partial charge >= 0.3 is 0 Å². The molecule has 1 saturated heterocycles. The van der Waals surface area contributed by atoms with E-state index in [9.17, 15) is 14.9 Å². The Balaban J connectivity index is 1.72. The zero-order chi connectivity index (χ0) is 18.4. The van der Waals surface area contributed by atoms with Gasteiger partial charge in [0.05, 0.1) is 21.8 Å². The van der Waals surface area contributed by atoms with E-state index in [1.165, 1.54) is 35.8 Å². The highest BCUT2D eigenvalue weighted by molar-refractivity contribution is 8.15. The maximum Gasteiger partial charge on any atom is 0.283 e. The highest BCUT2D eigenvalue weighted by Gasteiger charge is 2.16. The molecule has 0 spiro atoms. The number of hydrogen-bond acceptors (Lipinski definition) is 7. The Kier molecular flexibility index (Phi) is 6.03. The lowest BCUT2D eigenvalue weighted by Gasteiger charge is -2.04. The molecule has 9 heteroatoms. The number of nitrogens with zero attached hydrogens (tertiary/aromatic N) is 3. The molecule has 0 aliphatic carbocycles. The van der Waals surface area contributed by atoms with Crippen molar-refractivity contribution in [3.8, 4) is 0 Å². The first kappa shape index (κ1) is 18.2. The van der Waals surface area contributed by atoms with Crippen molar-refractivity contribution >= 4 is 46.5 Å². The Hall–Kier alpha value is -2.65. The van der Waals surface area contributed by atoms with E-state index in [-0.39, 0.29) is 11.6 Å². The molecular formula is C17H14N4O3S2. The number of hydrogen-bond donors (Lipinski definition) is 1. The minimum atomic E-state index is -0.399. The fraction of sp³-hybridized carbons (Fsp3) is 0.118. The van der Waals surface area contributed by atoms with E-state index in [1.54, 1.807) is 12.1 Å². The second-order valence-corrected chi connectivity index (χ2v) is 7.23. The number of thioether (sulfide) groups is 2. The minimum absolute atomic E-state index is 0.0334. The van der Waals surface area contributed by atoms with Crippen LogP contribution in [0.2, 0.25) is 0 Å². The molecule has 1 amide bonds. The van der Waals surface area contributed by atoms with Crippen LogP contribution in [-0.2, 0) is 10.5 Å². The van der Waals surface area contributed by atoms with Crippen molar-refractivity contribution < 1.29 is 9.72 Å². The summed E-state index contributed by atoms with van der Waals surface area (Å²) in [7, 11) is 0. The SMILES string of the molecule is O=C1CSC(=NN=Cc2ccc(SCc3ccccc3)c([N+](=O)[O-])c2)N1. The molecule has 0 atom stereocenters. The van der Waals surface area contributed by atoms with E-state index in [2.05, 4.69) is 15.5 Å². The van der Waals surface area contributed by atoms with Gasteiger partial charge in [0.25, 0.3) is 5.69 Å². The highest BCUT2D eigenvalue weighted by Crippen LogP contribution is 2.32. The molecular weight excluding hydrogens is 372 g/mol. The van der Waals surface area contributed by atoms with Crippen LogP contribution in [-0.4, -0.2) is 28.0 Å². The third kappa shape index (κ3) is 4.93. The first-order chi connectivity index (χ1) is 12.6. The average molecular weight is 386 g/mol. The smallest absolute Gasteiger partial charge is 0.283 e. The van der Waals surface area contributed by atoms with Crippen LogP contribution >= 0.6 is 23.5 Å². The molecule has 1 heterocycles. The summed E-state index contributed by atoms with van der Waals surface area (Å²) in [5.74, 6) is 0.867. The Labute approximate surface area is 158 Å². The van der Waals surface area contributed by atoms with Gasteiger partial charge in [-0.05, 0) is 11.6 Å². The van der Waals surface area contributed by atoms with Crippen LogP contribution in [0.25, 0.3) is 0 Å². The number of rotatable bonds is 6. The summed E-state index contributed by atoms with van der Waals surface area (Å²) in [5.41, 5.74) is 1.70. The number of carbonyl (C=O) groups excluding carboxylic acids is 1. The van der Waals surface area contributed by atoms with Crippen molar-refractivity contribution in [1.82, 2.24) is 5.32 Å². The topological polar surface area (TPSA) is 97.0 Å². The minimum Gasteiger partial charge on any atom is -0.303 e. The van der Waals surface area contributed by atoms with E-state index in [0.29, 0.717) is 27.1 Å². The molecule has 1 aliphatic rings. The lowest BCUT2D eigenvalue weighted by Crippen LogP contribution is -2.19. The van der Waals surface area contributed by atoms with Crippen LogP contribution in [0.4, 0.5) is 5.69 Å². The Morgan fingerprint density at radius 2 is 2.08 bits per heavy atom. The molecule has 1 N–H and O–H groups in total. The van der Waals surface area contributed by atoms with Gasteiger partial charge in [-0.1, -0.05) is 48.2 Å². The largest absolute Gasteiger partial charge is 0.303 e. The molecule has 26 heavy (non-hydrogen) atoms. The van der Waals surface area contributed by atoms with Crippen LogP contribution in [0.15, 0.2) is 63.6 Å². The van der Waals surface area contributed by atoms with E-state index in [4.69, 9.17) is 0 Å². The first-order valence-electron chi connectivity index (χ1n) is 7.60. The van der Waals surface area contributed by atoms with Gasteiger partial charge in [-0.2, -0.15) is 5.10 Å². The highest BCUT2D eigenvalue weighted by atomic mass is 32.2. The van der Waals surface area contributed by atoms with Gasteiger partial charge in [-0.3, -0.25) is 14.9 Å². The van der Waals surface area contributed by atoms with Gasteiger partial charge in [0.1, 0.15) is 0 Å². The molecule has 0 bridgehead atoms. The standard InChI is InChI=1S/C17H14N4O3S2/c22-16-11-26-17(19-16)20-18-9-13-6-7-15(14(8-13)21(23)24)25-10-12-4-2-1-3-5-12/h1-9H,10-11H2,(H,19,20,22). The fourth-order valence-corrected chi connectivity index (χ4v) is 3.73. The number of nitro benzene ring substituents is 1. The lowest BCUT2D eigenvalue weighted by atomic mass is 10.2. The lowest BCUT2D eigenvalue weighted by molar-refractivity contribution is -0.387. The molecule has 7 nitrogen and oxygen atoms in total. The summed E-state index contributed by atoms with van der Waals surface area (Å²) in [6.45, 7) is 0. The molecule has 132 valence electrons. The number of amidine groups is 1. The number of carbonyl (C=O) groups is 1. The predicted molar refractivity (Wildman–Crippen MR) is 105 cm³/mol. The van der Waals surface area contributed by atoms with Gasteiger partial charge < -0.3 is 5.32 Å². The third-order valence-electron chi connectivity index (χ3n) is 3.36. The van der Waals surface area contributed by atoms with E-state index in [1.807, 2.05) is 30.3 Å². The van der Waals surface area contributed by atoms with Gasteiger partial charge in [0.15, 0.2) is 5.17 Å². The van der Waals surface area contributed by atoms with Gasteiger partial charge in [0.2, 0.25) is 5.91 Å². The zero-order valence-corrected chi connectivity index (χ0v) is 15.1. The van der Waals surface area contributed by atoms with E-state index >= 15 is 0 Å². The zero-order valence-electron chi connectivity index (χ0n) is 13.5. The fourth-order valence-electron chi connectivity index (χ4n) is 2.14. The molecule has 1 aliphatic heterocycles. The molecule has 3 rings (SSSR count). The third-order valence-corrected chi connectivity index (χ3v) is 5.36. The molecule has 0 saturated carbocycles. The second-order valence-electron chi connectivity index (χ2n) is 5.25. The Morgan fingerprint density at radius 3 is 2.77 bits per heavy atom. The number of nitrogens with one attached hydrogen (secondary N) is 1. The molecule has 2 aromatic rings. The predicted octanol–water partition coefficient (Wildman–Crippen LogP) is 3.44. The number of amides is 1. The number of nitro groups is 1. The monoisotopic (exact) mass is 386 g/mol. The molecule has 2 aromatic carbocycles. The van der Waals surface area contributed by atoms with Crippen molar-refractivity contribution in [3.63, 3.8) is 0 Å². The maximum absolute atomic E-state index is 11.4. The summed E-state index contributed by atoms with van der Waals surface area (Å²) in [5, 5.41) is 22.1. The van der Waals surface area contributed by atoms with Crippen molar-refractivity contribution in [2.24, 2.45) is 10.2 Å². The first-order valence-corrected chi connectivity index (χ1v) is 9.58. The average Bonchev–Trinajstić information content (AvgIpc) is 3.06. The molecule has 1 fully saturated rings. The van der Waals surface area contributed by atoms with Crippen LogP contribution in [0.3, 0.4) is 0 Å². The summed E-state index contributed by atoms with van der Waals surface area (Å²) < 4.78 is 0. The normalized spacial score (nSPS) is 15.5. The molecule has 0 aromatic heterocycles. The van der Waals surface area contributed by atoms with Crippen molar-refractivity contribution in [2.75, 3.05) is 5.75 Å². The Morgan fingerprint density at radius 1 is 1.27 bits per heavy atom. The van der Waals surface area contributed by atoms with Crippen molar-refractivity contribution in [1.29, 1.82) is 0 Å². The summed E-state index contributed by atoms with van der Waals surface area (Å²) in [6, 6.07) is 14.7.